The molecule has 2 aromatic carbocycles. The summed E-state index contributed by atoms with van der Waals surface area (Å²) < 4.78 is 9.79. The van der Waals surface area contributed by atoms with E-state index in [-0.39, 0.29) is 23.8 Å². The minimum Gasteiger partial charge on any atom is -0.497 e. The predicted molar refractivity (Wildman–Crippen MR) is 113 cm³/mol. The van der Waals surface area contributed by atoms with Crippen molar-refractivity contribution in [1.29, 1.82) is 0 Å². The number of ether oxygens (including phenoxy) is 2. The number of amides is 2. The molecule has 1 aromatic heterocycles. The van der Waals surface area contributed by atoms with Gasteiger partial charge in [0, 0.05) is 10.9 Å². The van der Waals surface area contributed by atoms with E-state index >= 15 is 0 Å². The molecule has 0 spiro atoms. The highest BCUT2D eigenvalue weighted by molar-refractivity contribution is 7.14. The molecule has 0 fully saturated rings. The molecule has 2 N–H and O–H groups in total. The molecule has 3 aromatic rings. The summed E-state index contributed by atoms with van der Waals surface area (Å²) in [6, 6.07) is 13.3. The number of nitrogens with one attached hydrogen (secondary N) is 2. The topological polar surface area (TPSA) is 107 Å². The second kappa shape index (κ2) is 9.66. The first-order chi connectivity index (χ1) is 14.5. The molecule has 30 heavy (non-hydrogen) atoms. The van der Waals surface area contributed by atoms with E-state index in [4.69, 9.17) is 9.47 Å². The second-order valence-electron chi connectivity index (χ2n) is 6.09. The Morgan fingerprint density at radius 1 is 1.00 bits per heavy atom. The number of benzene rings is 2. The van der Waals surface area contributed by atoms with Gasteiger partial charge in [-0.1, -0.05) is 12.1 Å². The van der Waals surface area contributed by atoms with Crippen molar-refractivity contribution in [1.82, 2.24) is 4.98 Å². The predicted octanol–water partition coefficient (Wildman–Crippen LogP) is 3.37. The Morgan fingerprint density at radius 3 is 2.43 bits per heavy atom. The van der Waals surface area contributed by atoms with Gasteiger partial charge < -0.3 is 14.8 Å². The Balaban J connectivity index is 1.60. The number of hydrogen-bond donors (Lipinski definition) is 2. The van der Waals surface area contributed by atoms with Gasteiger partial charge in [-0.15, -0.1) is 11.3 Å². The smallest absolute Gasteiger partial charge is 0.339 e. The summed E-state index contributed by atoms with van der Waals surface area (Å²) in [5.74, 6) is -0.536. The first kappa shape index (κ1) is 21.0. The van der Waals surface area contributed by atoms with Crippen LogP contribution in [0.3, 0.4) is 0 Å². The first-order valence-corrected chi connectivity index (χ1v) is 9.75. The summed E-state index contributed by atoms with van der Waals surface area (Å²) >= 11 is 1.22. The van der Waals surface area contributed by atoms with Crippen LogP contribution in [0.25, 0.3) is 0 Å². The van der Waals surface area contributed by atoms with Crippen LogP contribution in [-0.2, 0) is 16.0 Å². The number of aromatic nitrogens is 1. The van der Waals surface area contributed by atoms with Gasteiger partial charge in [0.25, 0.3) is 5.91 Å². The molecule has 0 unspecified atom stereocenters. The number of thiazole rings is 1. The standard InChI is InChI=1S/C21H19N3O5S/c1-28-15-9-7-13(8-10-15)19(26)24-21-22-14(12-30-21)11-18(25)23-17-6-4-3-5-16(17)20(27)29-2/h3-10,12H,11H2,1-2H3,(H,23,25)(H,22,24,26). The highest BCUT2D eigenvalue weighted by atomic mass is 32.1. The molecule has 8 nitrogen and oxygen atoms in total. The first-order valence-electron chi connectivity index (χ1n) is 8.87. The molecule has 3 rings (SSSR count). The molecule has 154 valence electrons. The van der Waals surface area contributed by atoms with Gasteiger partial charge in [-0.25, -0.2) is 9.78 Å². The lowest BCUT2D eigenvalue weighted by molar-refractivity contribution is -0.115. The Hall–Kier alpha value is -3.72. The average molecular weight is 425 g/mol. The molecule has 0 aliphatic heterocycles. The average Bonchev–Trinajstić information content (AvgIpc) is 3.20. The summed E-state index contributed by atoms with van der Waals surface area (Å²) in [5.41, 5.74) is 1.58. The van der Waals surface area contributed by atoms with E-state index in [0.29, 0.717) is 27.8 Å². The van der Waals surface area contributed by atoms with Crippen LogP contribution in [-0.4, -0.2) is 37.0 Å². The van der Waals surface area contributed by atoms with Crippen molar-refractivity contribution >= 4 is 39.9 Å². The molecule has 0 aliphatic rings. The fourth-order valence-corrected chi connectivity index (χ4v) is 3.30. The molecule has 9 heteroatoms. The van der Waals surface area contributed by atoms with Crippen LogP contribution >= 0.6 is 11.3 Å². The summed E-state index contributed by atoms with van der Waals surface area (Å²) in [6.45, 7) is 0. The molecular formula is C21H19N3O5S. The van der Waals surface area contributed by atoms with Crippen LogP contribution in [0.5, 0.6) is 5.75 Å². The van der Waals surface area contributed by atoms with Gasteiger partial charge in [0.2, 0.25) is 5.91 Å². The Kier molecular flexibility index (Phi) is 6.76. The van der Waals surface area contributed by atoms with Crippen LogP contribution < -0.4 is 15.4 Å². The van der Waals surface area contributed by atoms with Gasteiger partial charge >= 0.3 is 5.97 Å². The lowest BCUT2D eigenvalue weighted by Gasteiger charge is -2.08. The lowest BCUT2D eigenvalue weighted by Crippen LogP contribution is -2.17. The summed E-state index contributed by atoms with van der Waals surface area (Å²) in [5, 5.41) is 7.46. The van der Waals surface area contributed by atoms with Crippen LogP contribution in [0.4, 0.5) is 10.8 Å². The minimum atomic E-state index is -0.539. The maximum absolute atomic E-state index is 12.4. The maximum Gasteiger partial charge on any atom is 0.339 e. The summed E-state index contributed by atoms with van der Waals surface area (Å²) in [6.07, 6.45) is -0.00951. The molecule has 2 amide bonds. The highest BCUT2D eigenvalue weighted by Gasteiger charge is 2.15. The Labute approximate surface area is 176 Å². The molecule has 0 radical (unpaired) electrons. The van der Waals surface area contributed by atoms with Gasteiger partial charge in [0.05, 0.1) is 37.6 Å². The van der Waals surface area contributed by atoms with Crippen molar-refractivity contribution < 1.29 is 23.9 Å². The highest BCUT2D eigenvalue weighted by Crippen LogP contribution is 2.20. The van der Waals surface area contributed by atoms with Crippen molar-refractivity contribution in [3.05, 3.63) is 70.7 Å². The van der Waals surface area contributed by atoms with Crippen molar-refractivity contribution in [2.24, 2.45) is 0 Å². The number of nitrogens with zero attached hydrogens (tertiary/aromatic N) is 1. The van der Waals surface area contributed by atoms with E-state index in [9.17, 15) is 14.4 Å². The van der Waals surface area contributed by atoms with Crippen molar-refractivity contribution in [3.8, 4) is 5.75 Å². The van der Waals surface area contributed by atoms with Crippen LogP contribution in [0, 0.1) is 0 Å². The lowest BCUT2D eigenvalue weighted by atomic mass is 10.1. The van der Waals surface area contributed by atoms with Gasteiger partial charge in [-0.05, 0) is 36.4 Å². The normalized spacial score (nSPS) is 10.2. The zero-order valence-corrected chi connectivity index (χ0v) is 17.1. The zero-order chi connectivity index (χ0) is 21.5. The second-order valence-corrected chi connectivity index (χ2v) is 6.95. The number of methoxy groups -OCH3 is 2. The SMILES string of the molecule is COC(=O)c1ccccc1NC(=O)Cc1csc(NC(=O)c2ccc(OC)cc2)n1. The van der Waals surface area contributed by atoms with Crippen LogP contribution in [0.1, 0.15) is 26.4 Å². The number of rotatable bonds is 7. The number of carbonyl (C=O) groups excluding carboxylic acids is 3. The van der Waals surface area contributed by atoms with Crippen molar-refractivity contribution in [2.45, 2.75) is 6.42 Å². The van der Waals surface area contributed by atoms with Gasteiger partial charge in [-0.2, -0.15) is 0 Å². The maximum atomic E-state index is 12.4. The number of carbonyl (C=O) groups is 3. The van der Waals surface area contributed by atoms with E-state index in [1.54, 1.807) is 61.0 Å². The minimum absolute atomic E-state index is 0.00951. The van der Waals surface area contributed by atoms with E-state index in [1.807, 2.05) is 0 Å². The number of esters is 1. The monoisotopic (exact) mass is 425 g/mol. The molecule has 0 aliphatic carbocycles. The fourth-order valence-electron chi connectivity index (χ4n) is 2.60. The largest absolute Gasteiger partial charge is 0.497 e. The summed E-state index contributed by atoms with van der Waals surface area (Å²) in [7, 11) is 2.83. The van der Waals surface area contributed by atoms with E-state index in [0.717, 1.165) is 0 Å². The molecule has 0 saturated heterocycles. The van der Waals surface area contributed by atoms with E-state index in [1.165, 1.54) is 18.4 Å². The van der Waals surface area contributed by atoms with Crippen LogP contribution in [0.15, 0.2) is 53.9 Å². The number of anilines is 2. The third-order valence-corrected chi connectivity index (χ3v) is 4.88. The van der Waals surface area contributed by atoms with Gasteiger partial charge in [0.1, 0.15) is 5.75 Å². The molecule has 0 saturated carbocycles. The van der Waals surface area contributed by atoms with Crippen molar-refractivity contribution in [2.75, 3.05) is 24.9 Å². The van der Waals surface area contributed by atoms with E-state index in [2.05, 4.69) is 15.6 Å². The quantitative estimate of drug-likeness (QED) is 0.562. The third-order valence-electron chi connectivity index (χ3n) is 4.07. The third kappa shape index (κ3) is 5.21. The Morgan fingerprint density at radius 2 is 1.73 bits per heavy atom. The molecule has 0 bridgehead atoms. The van der Waals surface area contributed by atoms with Gasteiger partial charge in [-0.3, -0.25) is 14.9 Å². The molecule has 1 heterocycles. The zero-order valence-electron chi connectivity index (χ0n) is 16.3. The molecular weight excluding hydrogens is 406 g/mol. The van der Waals surface area contributed by atoms with Crippen molar-refractivity contribution in [3.63, 3.8) is 0 Å². The van der Waals surface area contributed by atoms with Gasteiger partial charge in [0.15, 0.2) is 5.13 Å². The number of para-hydroxylation sites is 1. The molecule has 0 atom stereocenters. The fraction of sp³-hybridized carbons (Fsp3) is 0.143. The number of hydrogen-bond acceptors (Lipinski definition) is 7. The van der Waals surface area contributed by atoms with E-state index < -0.39 is 5.97 Å². The Bertz CT molecular complexity index is 1060. The summed E-state index contributed by atoms with van der Waals surface area (Å²) in [4.78, 5) is 40.7. The van der Waals surface area contributed by atoms with Crippen LogP contribution in [0.2, 0.25) is 0 Å².